The Labute approximate surface area is 88.9 Å². The monoisotopic (exact) mass is 208 g/mol. The second kappa shape index (κ2) is 2.84. The van der Waals surface area contributed by atoms with E-state index < -0.39 is 5.97 Å². The molecule has 1 fully saturated rings. The molecule has 82 valence electrons. The molecule has 1 aromatic rings. The molecular weight excluding hydrogens is 192 g/mol. The molecule has 1 heterocycles. The van der Waals surface area contributed by atoms with Crippen LogP contribution < -0.4 is 0 Å². The summed E-state index contributed by atoms with van der Waals surface area (Å²) in [6.45, 7) is 5.96. The average molecular weight is 208 g/mol. The van der Waals surface area contributed by atoms with Crippen LogP contribution in [0.15, 0.2) is 6.20 Å². The number of hydrogen-bond donors (Lipinski definition) is 1. The fourth-order valence-corrected chi connectivity index (χ4v) is 2.54. The van der Waals surface area contributed by atoms with Gasteiger partial charge in [0.25, 0.3) is 0 Å². The van der Waals surface area contributed by atoms with E-state index in [2.05, 4.69) is 5.10 Å². The van der Waals surface area contributed by atoms with Crippen molar-refractivity contribution in [3.63, 3.8) is 0 Å². The molecule has 1 aliphatic carbocycles. The Balaban J connectivity index is 2.35. The molecule has 4 nitrogen and oxygen atoms in total. The fourth-order valence-electron chi connectivity index (χ4n) is 2.54. The van der Waals surface area contributed by atoms with E-state index in [1.807, 2.05) is 34.0 Å². The summed E-state index contributed by atoms with van der Waals surface area (Å²) in [6.07, 6.45) is 1.93. The number of carboxylic acid groups (broad SMARTS) is 1. The van der Waals surface area contributed by atoms with Crippen LogP contribution in [0.3, 0.4) is 0 Å². The molecule has 15 heavy (non-hydrogen) atoms. The largest absolute Gasteiger partial charge is 0.481 e. The Morgan fingerprint density at radius 3 is 2.53 bits per heavy atom. The smallest absolute Gasteiger partial charge is 0.307 e. The SMILES string of the molecule is Cc1cn(C)nc1[C@@H]1[C@@H](C(=O)O)C1(C)C. The van der Waals surface area contributed by atoms with Crippen molar-refractivity contribution in [3.8, 4) is 0 Å². The molecule has 0 bridgehead atoms. The number of aliphatic carboxylic acids is 1. The van der Waals surface area contributed by atoms with E-state index in [1.165, 1.54) is 0 Å². The molecule has 1 N–H and O–H groups in total. The zero-order valence-electron chi connectivity index (χ0n) is 9.48. The molecular formula is C11H16N2O2. The Kier molecular flexibility index (Phi) is 1.93. The molecule has 1 saturated carbocycles. The number of aromatic nitrogens is 2. The van der Waals surface area contributed by atoms with Gasteiger partial charge in [-0.15, -0.1) is 0 Å². The van der Waals surface area contributed by atoms with E-state index in [1.54, 1.807) is 4.68 Å². The van der Waals surface area contributed by atoms with Crippen LogP contribution in [0.25, 0.3) is 0 Å². The Bertz CT molecular complexity index is 420. The summed E-state index contributed by atoms with van der Waals surface area (Å²) in [5.41, 5.74) is 1.86. The third-order valence-corrected chi connectivity index (χ3v) is 3.44. The van der Waals surface area contributed by atoms with Gasteiger partial charge < -0.3 is 5.11 Å². The number of carbonyl (C=O) groups is 1. The first-order valence-electron chi connectivity index (χ1n) is 5.08. The van der Waals surface area contributed by atoms with Crippen molar-refractivity contribution in [2.24, 2.45) is 18.4 Å². The predicted octanol–water partition coefficient (Wildman–Crippen LogP) is 1.55. The number of carboxylic acids is 1. The summed E-state index contributed by atoms with van der Waals surface area (Å²) in [6, 6.07) is 0. The summed E-state index contributed by atoms with van der Waals surface area (Å²) in [4.78, 5) is 11.0. The highest BCUT2D eigenvalue weighted by molar-refractivity contribution is 5.77. The number of rotatable bonds is 2. The normalized spacial score (nSPS) is 27.7. The summed E-state index contributed by atoms with van der Waals surface area (Å²) >= 11 is 0. The van der Waals surface area contributed by atoms with Gasteiger partial charge in [-0.2, -0.15) is 5.10 Å². The molecule has 0 spiro atoms. The van der Waals surface area contributed by atoms with Crippen LogP contribution >= 0.6 is 0 Å². The summed E-state index contributed by atoms with van der Waals surface area (Å²) in [7, 11) is 1.86. The molecule has 0 saturated heterocycles. The van der Waals surface area contributed by atoms with Crippen LogP contribution in [0.5, 0.6) is 0 Å². The van der Waals surface area contributed by atoms with Crippen molar-refractivity contribution in [2.75, 3.05) is 0 Å². The lowest BCUT2D eigenvalue weighted by molar-refractivity contribution is -0.139. The lowest BCUT2D eigenvalue weighted by Gasteiger charge is -1.99. The lowest BCUT2D eigenvalue weighted by Crippen LogP contribution is -2.03. The predicted molar refractivity (Wildman–Crippen MR) is 55.6 cm³/mol. The zero-order chi connectivity index (χ0) is 11.4. The highest BCUT2D eigenvalue weighted by Crippen LogP contribution is 2.64. The van der Waals surface area contributed by atoms with Crippen molar-refractivity contribution >= 4 is 5.97 Å². The maximum Gasteiger partial charge on any atom is 0.307 e. The molecule has 4 heteroatoms. The third-order valence-electron chi connectivity index (χ3n) is 3.44. The lowest BCUT2D eigenvalue weighted by atomic mass is 10.1. The van der Waals surface area contributed by atoms with Gasteiger partial charge in [0.2, 0.25) is 0 Å². The van der Waals surface area contributed by atoms with Gasteiger partial charge in [-0.25, -0.2) is 0 Å². The highest BCUT2D eigenvalue weighted by Gasteiger charge is 2.64. The molecule has 0 aromatic carbocycles. The van der Waals surface area contributed by atoms with Gasteiger partial charge in [0.1, 0.15) is 0 Å². The van der Waals surface area contributed by atoms with Crippen LogP contribution in [0.1, 0.15) is 31.0 Å². The van der Waals surface area contributed by atoms with E-state index in [-0.39, 0.29) is 17.3 Å². The molecule has 2 rings (SSSR count). The van der Waals surface area contributed by atoms with E-state index in [0.717, 1.165) is 11.3 Å². The molecule has 0 amide bonds. The van der Waals surface area contributed by atoms with Gasteiger partial charge in [0.05, 0.1) is 11.6 Å². The minimum atomic E-state index is -0.713. The maximum absolute atomic E-state index is 11.0. The van der Waals surface area contributed by atoms with E-state index in [0.29, 0.717) is 0 Å². The first kappa shape index (κ1) is 10.2. The number of nitrogens with zero attached hydrogens (tertiary/aromatic N) is 2. The molecule has 0 aliphatic heterocycles. The Morgan fingerprint density at radius 1 is 1.60 bits per heavy atom. The van der Waals surface area contributed by atoms with Gasteiger partial charge in [0, 0.05) is 19.2 Å². The summed E-state index contributed by atoms with van der Waals surface area (Å²) in [5, 5.41) is 13.4. The number of aryl methyl sites for hydroxylation is 2. The van der Waals surface area contributed by atoms with Gasteiger partial charge >= 0.3 is 5.97 Å². The van der Waals surface area contributed by atoms with E-state index in [9.17, 15) is 4.79 Å². The van der Waals surface area contributed by atoms with Crippen molar-refractivity contribution in [3.05, 3.63) is 17.5 Å². The van der Waals surface area contributed by atoms with Crippen molar-refractivity contribution in [1.29, 1.82) is 0 Å². The maximum atomic E-state index is 11.0. The summed E-state index contributed by atoms with van der Waals surface area (Å²) in [5.74, 6) is -0.933. The molecule has 0 radical (unpaired) electrons. The minimum absolute atomic E-state index is 0.0659. The second-order valence-corrected chi connectivity index (χ2v) is 4.99. The molecule has 0 unspecified atom stereocenters. The first-order valence-corrected chi connectivity index (χ1v) is 5.08. The fraction of sp³-hybridized carbons (Fsp3) is 0.636. The summed E-state index contributed by atoms with van der Waals surface area (Å²) < 4.78 is 1.75. The van der Waals surface area contributed by atoms with Crippen LogP contribution in [-0.4, -0.2) is 20.9 Å². The third kappa shape index (κ3) is 1.35. The van der Waals surface area contributed by atoms with Crippen LogP contribution in [-0.2, 0) is 11.8 Å². The van der Waals surface area contributed by atoms with Gasteiger partial charge in [0.15, 0.2) is 0 Å². The van der Waals surface area contributed by atoms with Gasteiger partial charge in [-0.05, 0) is 17.9 Å². The van der Waals surface area contributed by atoms with Crippen molar-refractivity contribution in [1.82, 2.24) is 9.78 Å². The standard InChI is InChI=1S/C11H16N2O2/c1-6-5-13(4)12-9(6)7-8(10(14)15)11(7,2)3/h5,7-8H,1-4H3,(H,14,15)/t7-,8-/m0/s1. The van der Waals surface area contributed by atoms with Crippen LogP contribution in [0, 0.1) is 18.3 Å². The Hall–Kier alpha value is -1.32. The van der Waals surface area contributed by atoms with Crippen molar-refractivity contribution < 1.29 is 9.90 Å². The van der Waals surface area contributed by atoms with Gasteiger partial charge in [-0.1, -0.05) is 13.8 Å². The van der Waals surface area contributed by atoms with Crippen molar-refractivity contribution in [2.45, 2.75) is 26.7 Å². The minimum Gasteiger partial charge on any atom is -0.481 e. The highest BCUT2D eigenvalue weighted by atomic mass is 16.4. The van der Waals surface area contributed by atoms with E-state index >= 15 is 0 Å². The van der Waals surface area contributed by atoms with Gasteiger partial charge in [-0.3, -0.25) is 9.48 Å². The zero-order valence-corrected chi connectivity index (χ0v) is 9.48. The van der Waals surface area contributed by atoms with Crippen LogP contribution in [0.4, 0.5) is 0 Å². The number of hydrogen-bond acceptors (Lipinski definition) is 2. The molecule has 1 aromatic heterocycles. The van der Waals surface area contributed by atoms with E-state index in [4.69, 9.17) is 5.11 Å². The second-order valence-electron chi connectivity index (χ2n) is 4.99. The molecule has 2 atom stereocenters. The first-order chi connectivity index (χ1) is 6.85. The average Bonchev–Trinajstić information content (AvgIpc) is 2.48. The quantitative estimate of drug-likeness (QED) is 0.802. The van der Waals surface area contributed by atoms with Crippen LogP contribution in [0.2, 0.25) is 0 Å². The topological polar surface area (TPSA) is 55.1 Å². The Morgan fingerprint density at radius 2 is 2.20 bits per heavy atom. The molecule has 1 aliphatic rings.